The summed E-state index contributed by atoms with van der Waals surface area (Å²) >= 11 is 0. The summed E-state index contributed by atoms with van der Waals surface area (Å²) in [6.45, 7) is 9.93. The average Bonchev–Trinajstić information content (AvgIpc) is 2.77. The third-order valence-electron chi connectivity index (χ3n) is 4.38. The predicted molar refractivity (Wildman–Crippen MR) is 71.3 cm³/mol. The number of hydrogen-bond donors (Lipinski definition) is 1. The predicted octanol–water partition coefficient (Wildman–Crippen LogP) is 1.26. The van der Waals surface area contributed by atoms with Gasteiger partial charge in [0.2, 0.25) is 5.91 Å². The average molecular weight is 254 g/mol. The Morgan fingerprint density at radius 2 is 2.17 bits per heavy atom. The van der Waals surface area contributed by atoms with E-state index in [0.717, 1.165) is 39.1 Å². The molecule has 2 aliphatic rings. The summed E-state index contributed by atoms with van der Waals surface area (Å²) in [5.74, 6) is 0.940. The maximum absolute atomic E-state index is 12.4. The number of nitrogens with one attached hydrogen (secondary N) is 1. The van der Waals surface area contributed by atoms with E-state index in [1.54, 1.807) is 0 Å². The van der Waals surface area contributed by atoms with E-state index < -0.39 is 0 Å². The first-order chi connectivity index (χ1) is 8.63. The Balaban J connectivity index is 1.89. The van der Waals surface area contributed by atoms with Crippen LogP contribution in [0.2, 0.25) is 0 Å². The number of nitrogens with zero attached hydrogens (tertiary/aromatic N) is 1. The van der Waals surface area contributed by atoms with Crippen LogP contribution in [0.5, 0.6) is 0 Å². The second-order valence-corrected chi connectivity index (χ2v) is 5.69. The van der Waals surface area contributed by atoms with E-state index in [1.807, 2.05) is 11.8 Å². The fraction of sp³-hybridized carbons (Fsp3) is 0.929. The third kappa shape index (κ3) is 2.86. The van der Waals surface area contributed by atoms with Crippen LogP contribution in [-0.2, 0) is 9.53 Å². The minimum Gasteiger partial charge on any atom is -0.378 e. The number of carbonyl (C=O) groups excluding carboxylic acids is 1. The molecule has 4 atom stereocenters. The van der Waals surface area contributed by atoms with Gasteiger partial charge in [0.05, 0.1) is 12.0 Å². The molecule has 2 fully saturated rings. The molecule has 0 aliphatic carbocycles. The molecule has 0 bridgehead atoms. The quantitative estimate of drug-likeness (QED) is 0.824. The zero-order chi connectivity index (χ0) is 13.1. The van der Waals surface area contributed by atoms with Gasteiger partial charge in [-0.2, -0.15) is 0 Å². The van der Waals surface area contributed by atoms with E-state index >= 15 is 0 Å². The van der Waals surface area contributed by atoms with Crippen molar-refractivity contribution < 1.29 is 9.53 Å². The topological polar surface area (TPSA) is 41.6 Å². The molecule has 4 unspecified atom stereocenters. The third-order valence-corrected chi connectivity index (χ3v) is 4.38. The Bertz CT molecular complexity index is 296. The van der Waals surface area contributed by atoms with Crippen LogP contribution >= 0.6 is 0 Å². The second kappa shape index (κ2) is 6.02. The number of hydrogen-bond acceptors (Lipinski definition) is 3. The summed E-state index contributed by atoms with van der Waals surface area (Å²) in [6, 6.07) is 0.566. The molecule has 104 valence electrons. The van der Waals surface area contributed by atoms with Gasteiger partial charge < -0.3 is 15.0 Å². The Kier molecular flexibility index (Phi) is 4.62. The van der Waals surface area contributed by atoms with Crippen molar-refractivity contribution in [1.82, 2.24) is 10.2 Å². The van der Waals surface area contributed by atoms with Crippen molar-refractivity contribution >= 4 is 5.91 Å². The zero-order valence-electron chi connectivity index (χ0n) is 11.8. The Labute approximate surface area is 110 Å². The van der Waals surface area contributed by atoms with Crippen molar-refractivity contribution in [3.8, 4) is 0 Å². The van der Waals surface area contributed by atoms with Crippen LogP contribution in [0.4, 0.5) is 0 Å². The van der Waals surface area contributed by atoms with Crippen molar-refractivity contribution in [3.63, 3.8) is 0 Å². The SMILES string of the molecule is CCNC1CCN(C(=O)C2CCOC2C)CC1C. The molecule has 2 saturated heterocycles. The molecule has 2 heterocycles. The fourth-order valence-electron chi connectivity index (χ4n) is 3.20. The van der Waals surface area contributed by atoms with Crippen LogP contribution in [0.3, 0.4) is 0 Å². The van der Waals surface area contributed by atoms with Crippen molar-refractivity contribution in [2.75, 3.05) is 26.2 Å². The Morgan fingerprint density at radius 3 is 2.72 bits per heavy atom. The molecular weight excluding hydrogens is 228 g/mol. The second-order valence-electron chi connectivity index (χ2n) is 5.69. The zero-order valence-corrected chi connectivity index (χ0v) is 11.8. The van der Waals surface area contributed by atoms with E-state index in [9.17, 15) is 4.79 Å². The lowest BCUT2D eigenvalue weighted by Gasteiger charge is -2.38. The van der Waals surface area contributed by atoms with Crippen LogP contribution < -0.4 is 5.32 Å². The van der Waals surface area contributed by atoms with Crippen molar-refractivity contribution in [2.45, 2.75) is 45.8 Å². The van der Waals surface area contributed by atoms with Gasteiger partial charge in [0.1, 0.15) is 0 Å². The molecule has 0 aromatic rings. The summed E-state index contributed by atoms with van der Waals surface area (Å²) in [6.07, 6.45) is 2.06. The van der Waals surface area contributed by atoms with Gasteiger partial charge in [-0.05, 0) is 32.2 Å². The van der Waals surface area contributed by atoms with Gasteiger partial charge >= 0.3 is 0 Å². The number of likely N-dealkylation sites (tertiary alicyclic amines) is 1. The first-order valence-electron chi connectivity index (χ1n) is 7.27. The lowest BCUT2D eigenvalue weighted by atomic mass is 9.92. The highest BCUT2D eigenvalue weighted by Gasteiger charge is 2.36. The minimum absolute atomic E-state index is 0.0906. The molecular formula is C14H26N2O2. The fourth-order valence-corrected chi connectivity index (χ4v) is 3.20. The standard InChI is InChI=1S/C14H26N2O2/c1-4-15-13-5-7-16(9-10(13)2)14(17)12-6-8-18-11(12)3/h10-13,15H,4-9H2,1-3H3. The Hall–Kier alpha value is -0.610. The number of carbonyl (C=O) groups is 1. The smallest absolute Gasteiger partial charge is 0.228 e. The molecule has 0 aromatic carbocycles. The van der Waals surface area contributed by atoms with E-state index in [-0.39, 0.29) is 12.0 Å². The highest BCUT2D eigenvalue weighted by atomic mass is 16.5. The van der Waals surface area contributed by atoms with Gasteiger partial charge in [-0.25, -0.2) is 0 Å². The maximum atomic E-state index is 12.4. The molecule has 0 aromatic heterocycles. The van der Waals surface area contributed by atoms with Gasteiger partial charge in [-0.15, -0.1) is 0 Å². The summed E-state index contributed by atoms with van der Waals surface area (Å²) in [7, 11) is 0. The molecule has 2 rings (SSSR count). The molecule has 1 N–H and O–H groups in total. The van der Waals surface area contributed by atoms with Gasteiger partial charge in [0.25, 0.3) is 0 Å². The first kappa shape index (κ1) is 13.8. The van der Waals surface area contributed by atoms with Crippen LogP contribution in [0, 0.1) is 11.8 Å². The molecule has 0 spiro atoms. The normalized spacial score (nSPS) is 36.9. The van der Waals surface area contributed by atoms with Crippen molar-refractivity contribution in [1.29, 1.82) is 0 Å². The maximum Gasteiger partial charge on any atom is 0.228 e. The van der Waals surface area contributed by atoms with E-state index in [2.05, 4.69) is 19.2 Å². The van der Waals surface area contributed by atoms with E-state index in [1.165, 1.54) is 0 Å². The lowest BCUT2D eigenvalue weighted by Crippen LogP contribution is -2.51. The van der Waals surface area contributed by atoms with Crippen LogP contribution in [-0.4, -0.2) is 49.2 Å². The molecule has 4 heteroatoms. The highest BCUT2D eigenvalue weighted by molar-refractivity contribution is 5.79. The van der Waals surface area contributed by atoms with E-state index in [0.29, 0.717) is 17.9 Å². The van der Waals surface area contributed by atoms with E-state index in [4.69, 9.17) is 4.74 Å². The molecule has 18 heavy (non-hydrogen) atoms. The van der Waals surface area contributed by atoms with Crippen LogP contribution in [0.25, 0.3) is 0 Å². The van der Waals surface area contributed by atoms with Crippen LogP contribution in [0.15, 0.2) is 0 Å². The largest absolute Gasteiger partial charge is 0.378 e. The summed E-state index contributed by atoms with van der Waals surface area (Å²) in [4.78, 5) is 14.5. The van der Waals surface area contributed by atoms with Gasteiger partial charge in [0, 0.05) is 25.7 Å². The lowest BCUT2D eigenvalue weighted by molar-refractivity contribution is -0.139. The molecule has 0 radical (unpaired) electrons. The van der Waals surface area contributed by atoms with Gasteiger partial charge in [-0.1, -0.05) is 13.8 Å². The first-order valence-corrected chi connectivity index (χ1v) is 7.27. The number of rotatable bonds is 3. The molecule has 4 nitrogen and oxygen atoms in total. The molecule has 1 amide bonds. The summed E-state index contributed by atoms with van der Waals surface area (Å²) < 4.78 is 5.50. The van der Waals surface area contributed by atoms with Crippen molar-refractivity contribution in [3.05, 3.63) is 0 Å². The highest BCUT2D eigenvalue weighted by Crippen LogP contribution is 2.25. The van der Waals surface area contributed by atoms with Crippen LogP contribution in [0.1, 0.15) is 33.6 Å². The van der Waals surface area contributed by atoms with Gasteiger partial charge in [-0.3, -0.25) is 4.79 Å². The van der Waals surface area contributed by atoms with Crippen molar-refractivity contribution in [2.24, 2.45) is 11.8 Å². The summed E-state index contributed by atoms with van der Waals surface area (Å²) in [5, 5.41) is 3.51. The molecule has 0 saturated carbocycles. The monoisotopic (exact) mass is 254 g/mol. The minimum atomic E-state index is 0.0906. The number of amides is 1. The number of piperidine rings is 1. The van der Waals surface area contributed by atoms with Gasteiger partial charge in [0.15, 0.2) is 0 Å². The summed E-state index contributed by atoms with van der Waals surface area (Å²) in [5.41, 5.74) is 0. The Morgan fingerprint density at radius 1 is 1.39 bits per heavy atom. The number of ether oxygens (including phenoxy) is 1. The molecule has 2 aliphatic heterocycles.